The van der Waals surface area contributed by atoms with Crippen molar-refractivity contribution in [3.63, 3.8) is 0 Å². The van der Waals surface area contributed by atoms with Crippen LogP contribution >= 0.6 is 0 Å². The molecule has 0 atom stereocenters. The van der Waals surface area contributed by atoms with Gasteiger partial charge >= 0.3 is 11.8 Å². The van der Waals surface area contributed by atoms with Crippen LogP contribution in [0.3, 0.4) is 0 Å². The van der Waals surface area contributed by atoms with Crippen molar-refractivity contribution < 1.29 is 23.9 Å². The van der Waals surface area contributed by atoms with Crippen LogP contribution in [0.4, 0.5) is 5.69 Å². The number of carbonyl (C=O) groups excluding carboxylic acids is 3. The van der Waals surface area contributed by atoms with Crippen LogP contribution in [0.15, 0.2) is 24.3 Å². The van der Waals surface area contributed by atoms with Crippen LogP contribution in [0.5, 0.6) is 0 Å². The highest BCUT2D eigenvalue weighted by molar-refractivity contribution is 6.38. The third-order valence-electron chi connectivity index (χ3n) is 3.04. The maximum absolute atomic E-state index is 12.1. The van der Waals surface area contributed by atoms with Gasteiger partial charge in [-0.2, -0.15) is 0 Å². The lowest BCUT2D eigenvalue weighted by molar-refractivity contribution is -0.146. The SMILES string of the molecule is COCCN(CCOC)C(=O)C(=O)NC(=O)c1ccccc1N. The lowest BCUT2D eigenvalue weighted by Gasteiger charge is -2.21. The highest BCUT2D eigenvalue weighted by Gasteiger charge is 2.24. The Labute approximate surface area is 134 Å². The maximum atomic E-state index is 12.1. The van der Waals surface area contributed by atoms with Crippen LogP contribution in [0.1, 0.15) is 10.4 Å². The Morgan fingerprint density at radius 1 is 1.09 bits per heavy atom. The average molecular weight is 323 g/mol. The van der Waals surface area contributed by atoms with E-state index in [-0.39, 0.29) is 37.6 Å². The number of para-hydroxylation sites is 1. The lowest BCUT2D eigenvalue weighted by Crippen LogP contribution is -2.47. The molecule has 3 N–H and O–H groups in total. The Balaban J connectivity index is 2.71. The summed E-state index contributed by atoms with van der Waals surface area (Å²) in [6.07, 6.45) is 0. The zero-order valence-electron chi connectivity index (χ0n) is 13.2. The number of nitrogen functional groups attached to an aromatic ring is 1. The van der Waals surface area contributed by atoms with Crippen molar-refractivity contribution in [3.05, 3.63) is 29.8 Å². The van der Waals surface area contributed by atoms with Crippen molar-refractivity contribution in [1.82, 2.24) is 10.2 Å². The predicted molar refractivity (Wildman–Crippen MR) is 83.7 cm³/mol. The van der Waals surface area contributed by atoms with Crippen molar-refractivity contribution >= 4 is 23.4 Å². The molecule has 0 unspecified atom stereocenters. The first-order chi connectivity index (χ1) is 11.0. The number of amides is 3. The zero-order valence-corrected chi connectivity index (χ0v) is 13.2. The summed E-state index contributed by atoms with van der Waals surface area (Å²) in [5, 5.41) is 2.04. The average Bonchev–Trinajstić information content (AvgIpc) is 2.54. The Kier molecular flexibility index (Phi) is 7.72. The fraction of sp³-hybridized carbons (Fsp3) is 0.400. The number of benzene rings is 1. The molecule has 23 heavy (non-hydrogen) atoms. The highest BCUT2D eigenvalue weighted by atomic mass is 16.5. The predicted octanol–water partition coefficient (Wildman–Crippen LogP) is -0.353. The van der Waals surface area contributed by atoms with Gasteiger partial charge in [-0.15, -0.1) is 0 Å². The Bertz CT molecular complexity index is 554. The van der Waals surface area contributed by atoms with Gasteiger partial charge in [0.1, 0.15) is 0 Å². The standard InChI is InChI=1S/C15H21N3O5/c1-22-9-7-18(8-10-23-2)15(21)14(20)17-13(19)11-5-3-4-6-12(11)16/h3-6H,7-10,16H2,1-2H3,(H,17,19,20). The van der Waals surface area contributed by atoms with Gasteiger partial charge in [0.15, 0.2) is 0 Å². The van der Waals surface area contributed by atoms with Crippen LogP contribution in [0.25, 0.3) is 0 Å². The van der Waals surface area contributed by atoms with E-state index in [1.54, 1.807) is 12.1 Å². The number of nitrogens with two attached hydrogens (primary N) is 1. The Morgan fingerprint density at radius 3 is 2.17 bits per heavy atom. The topological polar surface area (TPSA) is 111 Å². The second kappa shape index (κ2) is 9.54. The normalized spacial score (nSPS) is 10.2. The first kappa shape index (κ1) is 18.6. The molecule has 0 bridgehead atoms. The number of carbonyl (C=O) groups is 3. The second-order valence-electron chi connectivity index (χ2n) is 4.65. The van der Waals surface area contributed by atoms with Crippen molar-refractivity contribution in [2.45, 2.75) is 0 Å². The summed E-state index contributed by atoms with van der Waals surface area (Å²) in [6.45, 7) is 0.964. The van der Waals surface area contributed by atoms with Crippen LogP contribution in [0.2, 0.25) is 0 Å². The molecule has 8 nitrogen and oxygen atoms in total. The molecule has 0 saturated carbocycles. The Morgan fingerprint density at radius 2 is 1.65 bits per heavy atom. The number of anilines is 1. The molecule has 3 amide bonds. The molecule has 0 aromatic heterocycles. The molecule has 0 aliphatic rings. The van der Waals surface area contributed by atoms with Gasteiger partial charge in [0.05, 0.1) is 18.8 Å². The van der Waals surface area contributed by atoms with E-state index >= 15 is 0 Å². The molecule has 0 spiro atoms. The fourth-order valence-corrected chi connectivity index (χ4v) is 1.79. The third-order valence-corrected chi connectivity index (χ3v) is 3.04. The van der Waals surface area contributed by atoms with E-state index in [9.17, 15) is 14.4 Å². The van der Waals surface area contributed by atoms with Gasteiger partial charge in [-0.1, -0.05) is 12.1 Å². The third kappa shape index (κ3) is 5.68. The Hall–Kier alpha value is -2.45. The van der Waals surface area contributed by atoms with E-state index in [0.717, 1.165) is 0 Å². The molecular weight excluding hydrogens is 302 g/mol. The molecule has 1 aromatic carbocycles. The molecule has 8 heteroatoms. The lowest BCUT2D eigenvalue weighted by atomic mass is 10.1. The van der Waals surface area contributed by atoms with Crippen LogP contribution in [-0.4, -0.2) is 63.1 Å². The van der Waals surface area contributed by atoms with Gasteiger partial charge < -0.3 is 20.1 Å². The summed E-state index contributed by atoms with van der Waals surface area (Å²) in [5.41, 5.74) is 6.02. The van der Waals surface area contributed by atoms with E-state index in [1.807, 2.05) is 5.32 Å². The largest absolute Gasteiger partial charge is 0.398 e. The van der Waals surface area contributed by atoms with E-state index < -0.39 is 17.7 Å². The molecule has 126 valence electrons. The number of imide groups is 1. The van der Waals surface area contributed by atoms with Crippen molar-refractivity contribution in [2.24, 2.45) is 0 Å². The van der Waals surface area contributed by atoms with E-state index in [4.69, 9.17) is 15.2 Å². The fourth-order valence-electron chi connectivity index (χ4n) is 1.79. The van der Waals surface area contributed by atoms with Gasteiger partial charge in [-0.25, -0.2) is 0 Å². The molecule has 1 aromatic rings. The van der Waals surface area contributed by atoms with Gasteiger partial charge in [0.2, 0.25) is 0 Å². The molecule has 0 fully saturated rings. The second-order valence-corrected chi connectivity index (χ2v) is 4.65. The number of hydrogen-bond donors (Lipinski definition) is 2. The summed E-state index contributed by atoms with van der Waals surface area (Å²) >= 11 is 0. The van der Waals surface area contributed by atoms with Crippen molar-refractivity contribution in [3.8, 4) is 0 Å². The van der Waals surface area contributed by atoms with E-state index in [0.29, 0.717) is 0 Å². The van der Waals surface area contributed by atoms with Crippen LogP contribution in [-0.2, 0) is 19.1 Å². The zero-order chi connectivity index (χ0) is 17.2. The molecule has 0 heterocycles. The molecule has 0 aliphatic heterocycles. The smallest absolute Gasteiger partial charge is 0.316 e. The first-order valence-electron chi connectivity index (χ1n) is 6.98. The summed E-state index contributed by atoms with van der Waals surface area (Å²) in [4.78, 5) is 37.3. The molecule has 1 rings (SSSR count). The minimum atomic E-state index is -1.02. The molecule has 0 aliphatic carbocycles. The van der Waals surface area contributed by atoms with E-state index in [2.05, 4.69) is 0 Å². The van der Waals surface area contributed by atoms with Gasteiger partial charge in [0, 0.05) is 33.0 Å². The molecule has 0 radical (unpaired) electrons. The minimum absolute atomic E-state index is 0.133. The first-order valence-corrected chi connectivity index (χ1v) is 6.98. The van der Waals surface area contributed by atoms with Gasteiger partial charge in [0.25, 0.3) is 5.91 Å². The monoisotopic (exact) mass is 323 g/mol. The highest BCUT2D eigenvalue weighted by Crippen LogP contribution is 2.09. The number of methoxy groups -OCH3 is 2. The molecule has 0 saturated heterocycles. The summed E-state index contributed by atoms with van der Waals surface area (Å²) in [5.74, 6) is -2.58. The summed E-state index contributed by atoms with van der Waals surface area (Å²) in [7, 11) is 2.97. The summed E-state index contributed by atoms with van der Waals surface area (Å²) in [6, 6.07) is 6.28. The number of ether oxygens (including phenoxy) is 2. The summed E-state index contributed by atoms with van der Waals surface area (Å²) < 4.78 is 9.80. The number of hydrogen-bond acceptors (Lipinski definition) is 6. The quantitative estimate of drug-likeness (QED) is 0.524. The number of nitrogens with zero attached hydrogens (tertiary/aromatic N) is 1. The number of rotatable bonds is 7. The van der Waals surface area contributed by atoms with Crippen molar-refractivity contribution in [2.75, 3.05) is 46.3 Å². The maximum Gasteiger partial charge on any atom is 0.316 e. The van der Waals surface area contributed by atoms with Crippen molar-refractivity contribution in [1.29, 1.82) is 0 Å². The van der Waals surface area contributed by atoms with Gasteiger partial charge in [-0.3, -0.25) is 19.7 Å². The van der Waals surface area contributed by atoms with Crippen LogP contribution < -0.4 is 11.1 Å². The van der Waals surface area contributed by atoms with E-state index in [1.165, 1.54) is 31.3 Å². The molecular formula is C15H21N3O5. The number of nitrogens with one attached hydrogen (secondary N) is 1. The van der Waals surface area contributed by atoms with Gasteiger partial charge in [-0.05, 0) is 12.1 Å². The minimum Gasteiger partial charge on any atom is -0.398 e. The van der Waals surface area contributed by atoms with Crippen LogP contribution in [0, 0.1) is 0 Å².